The number of halogens is 1. The molecule has 0 saturated heterocycles. The monoisotopic (exact) mass is 363 g/mol. The van der Waals surface area contributed by atoms with Crippen LogP contribution < -0.4 is 4.74 Å². The van der Waals surface area contributed by atoms with E-state index in [0.29, 0.717) is 29.8 Å². The smallest absolute Gasteiger partial charge is 0.306 e. The first-order valence-corrected chi connectivity index (χ1v) is 8.71. The summed E-state index contributed by atoms with van der Waals surface area (Å²) in [5.74, 6) is 0.213. The summed E-state index contributed by atoms with van der Waals surface area (Å²) in [7, 11) is 1.78. The van der Waals surface area contributed by atoms with E-state index in [1.807, 2.05) is 6.07 Å². The van der Waals surface area contributed by atoms with Crippen molar-refractivity contribution < 1.29 is 23.5 Å². The fraction of sp³-hybridized carbons (Fsp3) is 0.500. The summed E-state index contributed by atoms with van der Waals surface area (Å²) < 4.78 is 23.9. The van der Waals surface area contributed by atoms with Gasteiger partial charge < -0.3 is 14.4 Å². The van der Waals surface area contributed by atoms with E-state index in [1.54, 1.807) is 44.9 Å². The van der Waals surface area contributed by atoms with Crippen LogP contribution in [0.15, 0.2) is 30.1 Å². The Morgan fingerprint density at radius 1 is 1.31 bits per heavy atom. The topological polar surface area (TPSA) is 55.8 Å². The molecule has 2 rings (SSSR count). The maximum Gasteiger partial charge on any atom is 0.306 e. The number of carbonyl (C=O) groups excluding carboxylic acids is 2. The third-order valence-electron chi connectivity index (χ3n) is 4.02. The van der Waals surface area contributed by atoms with Crippen molar-refractivity contribution >= 4 is 11.9 Å². The number of esters is 1. The number of hydrogen-bond acceptors (Lipinski definition) is 4. The van der Waals surface area contributed by atoms with Crippen LogP contribution in [0.5, 0.6) is 5.75 Å². The average Bonchev–Trinajstić information content (AvgIpc) is 2.57. The molecule has 26 heavy (non-hydrogen) atoms. The lowest BCUT2D eigenvalue weighted by Crippen LogP contribution is -2.34. The van der Waals surface area contributed by atoms with Crippen molar-refractivity contribution in [1.82, 2.24) is 4.90 Å². The molecule has 0 unspecified atom stereocenters. The number of rotatable bonds is 6. The second-order valence-electron chi connectivity index (χ2n) is 7.44. The van der Waals surface area contributed by atoms with Crippen molar-refractivity contribution in [2.75, 3.05) is 20.2 Å². The summed E-state index contributed by atoms with van der Waals surface area (Å²) in [6, 6.07) is 5.27. The molecule has 1 aliphatic heterocycles. The van der Waals surface area contributed by atoms with Crippen LogP contribution in [0, 0.1) is 0 Å². The number of likely N-dealkylation sites (N-methyl/N-ethyl adjacent to an activating group) is 1. The number of ether oxygens (including phenoxy) is 2. The second kappa shape index (κ2) is 8.34. The fourth-order valence-electron chi connectivity index (χ4n) is 2.66. The molecule has 1 heterocycles. The molecule has 1 aromatic rings. The minimum Gasteiger partial charge on any atom is -0.489 e. The number of hydrogen-bond donors (Lipinski definition) is 0. The van der Waals surface area contributed by atoms with Gasteiger partial charge in [0.05, 0.1) is 6.33 Å². The molecule has 0 bridgehead atoms. The molecule has 0 saturated carbocycles. The van der Waals surface area contributed by atoms with Gasteiger partial charge in [-0.3, -0.25) is 9.59 Å². The summed E-state index contributed by atoms with van der Waals surface area (Å²) in [5, 5.41) is 0. The molecule has 0 spiro atoms. The molecule has 1 aromatic carbocycles. The lowest BCUT2D eigenvalue weighted by Gasteiger charge is -2.25. The number of fused-ring (bicyclic) bond motifs is 1. The minimum absolute atomic E-state index is 0.000459. The zero-order valence-corrected chi connectivity index (χ0v) is 15.8. The average molecular weight is 363 g/mol. The molecule has 0 radical (unpaired) electrons. The van der Waals surface area contributed by atoms with E-state index < -0.39 is 5.60 Å². The molecule has 0 atom stereocenters. The highest BCUT2D eigenvalue weighted by molar-refractivity contribution is 5.96. The Labute approximate surface area is 153 Å². The van der Waals surface area contributed by atoms with E-state index in [1.165, 1.54) is 0 Å². The Morgan fingerprint density at radius 3 is 2.69 bits per heavy atom. The van der Waals surface area contributed by atoms with Gasteiger partial charge in [-0.15, -0.1) is 0 Å². The van der Waals surface area contributed by atoms with Gasteiger partial charge in [-0.25, -0.2) is 4.39 Å². The molecule has 1 amide bonds. The maximum atomic E-state index is 13.1. The first-order valence-electron chi connectivity index (χ1n) is 8.71. The van der Waals surface area contributed by atoms with E-state index in [4.69, 9.17) is 9.47 Å². The first-order chi connectivity index (χ1) is 12.2. The Bertz CT molecular complexity index is 706. The fourth-order valence-corrected chi connectivity index (χ4v) is 2.66. The van der Waals surface area contributed by atoms with E-state index >= 15 is 0 Å². The van der Waals surface area contributed by atoms with Crippen LogP contribution in [0.2, 0.25) is 0 Å². The molecular formula is C20H26FNO4. The Balaban J connectivity index is 1.89. The molecule has 0 fully saturated rings. The van der Waals surface area contributed by atoms with Crippen molar-refractivity contribution in [1.29, 1.82) is 0 Å². The van der Waals surface area contributed by atoms with Gasteiger partial charge in [-0.05, 0) is 62.9 Å². The highest BCUT2D eigenvalue weighted by Gasteiger charge is 2.21. The van der Waals surface area contributed by atoms with Gasteiger partial charge >= 0.3 is 5.97 Å². The lowest BCUT2D eigenvalue weighted by molar-refractivity contribution is -0.154. The van der Waals surface area contributed by atoms with Crippen LogP contribution in [0.4, 0.5) is 4.39 Å². The molecule has 142 valence electrons. The SMILES string of the molecule is CN1CCc2cc(OCC(=CF)CCC(=O)OC(C)(C)C)ccc2C1=O. The molecule has 0 aromatic heterocycles. The van der Waals surface area contributed by atoms with Crippen molar-refractivity contribution in [3.8, 4) is 5.75 Å². The van der Waals surface area contributed by atoms with Crippen LogP contribution >= 0.6 is 0 Å². The van der Waals surface area contributed by atoms with Gasteiger partial charge in [0, 0.05) is 25.6 Å². The number of amides is 1. The standard InChI is InChI=1S/C20H26FNO4/c1-20(2,3)26-18(23)8-5-14(12-21)13-25-16-6-7-17-15(11-16)9-10-22(4)19(17)24/h6-7,11-12H,5,8-10,13H2,1-4H3. The van der Waals surface area contributed by atoms with E-state index in [2.05, 4.69) is 0 Å². The first kappa shape index (κ1) is 19.9. The molecular weight excluding hydrogens is 337 g/mol. The van der Waals surface area contributed by atoms with Crippen LogP contribution in [-0.2, 0) is 16.0 Å². The molecule has 5 nitrogen and oxygen atoms in total. The highest BCUT2D eigenvalue weighted by atomic mass is 19.1. The molecule has 0 aliphatic carbocycles. The largest absolute Gasteiger partial charge is 0.489 e. The van der Waals surface area contributed by atoms with Crippen molar-refractivity contribution in [2.45, 2.75) is 45.6 Å². The van der Waals surface area contributed by atoms with Gasteiger partial charge in [-0.2, -0.15) is 0 Å². The maximum absolute atomic E-state index is 13.1. The Morgan fingerprint density at radius 2 is 2.04 bits per heavy atom. The van der Waals surface area contributed by atoms with Crippen LogP contribution in [0.25, 0.3) is 0 Å². The normalized spacial score (nSPS) is 14.9. The Hall–Kier alpha value is -2.37. The summed E-state index contributed by atoms with van der Waals surface area (Å²) in [6.45, 7) is 6.09. The number of nitrogens with zero attached hydrogens (tertiary/aromatic N) is 1. The van der Waals surface area contributed by atoms with Gasteiger partial charge in [0.15, 0.2) is 0 Å². The van der Waals surface area contributed by atoms with Crippen LogP contribution in [0.3, 0.4) is 0 Å². The summed E-state index contributed by atoms with van der Waals surface area (Å²) in [5.41, 5.74) is 1.44. The number of benzene rings is 1. The number of carbonyl (C=O) groups is 2. The van der Waals surface area contributed by atoms with E-state index in [0.717, 1.165) is 12.0 Å². The summed E-state index contributed by atoms with van der Waals surface area (Å²) >= 11 is 0. The van der Waals surface area contributed by atoms with Crippen molar-refractivity contribution in [2.24, 2.45) is 0 Å². The second-order valence-corrected chi connectivity index (χ2v) is 7.44. The van der Waals surface area contributed by atoms with Gasteiger partial charge in [0.2, 0.25) is 0 Å². The molecule has 1 aliphatic rings. The predicted molar refractivity (Wildman–Crippen MR) is 96.9 cm³/mol. The third-order valence-corrected chi connectivity index (χ3v) is 4.02. The van der Waals surface area contributed by atoms with Crippen LogP contribution in [-0.4, -0.2) is 42.6 Å². The Kier molecular flexibility index (Phi) is 6.40. The highest BCUT2D eigenvalue weighted by Crippen LogP contribution is 2.24. The quantitative estimate of drug-likeness (QED) is 0.724. The van der Waals surface area contributed by atoms with Crippen molar-refractivity contribution in [3.63, 3.8) is 0 Å². The van der Waals surface area contributed by atoms with E-state index in [9.17, 15) is 14.0 Å². The van der Waals surface area contributed by atoms with Gasteiger partial charge in [0.25, 0.3) is 5.91 Å². The van der Waals surface area contributed by atoms with Gasteiger partial charge in [0.1, 0.15) is 18.0 Å². The summed E-state index contributed by atoms with van der Waals surface area (Å²) in [6.07, 6.45) is 1.57. The zero-order valence-electron chi connectivity index (χ0n) is 15.8. The van der Waals surface area contributed by atoms with E-state index in [-0.39, 0.29) is 31.3 Å². The van der Waals surface area contributed by atoms with Crippen molar-refractivity contribution in [3.05, 3.63) is 41.2 Å². The zero-order chi connectivity index (χ0) is 19.3. The third kappa shape index (κ3) is 5.58. The molecule has 6 heteroatoms. The van der Waals surface area contributed by atoms with Gasteiger partial charge in [-0.1, -0.05) is 0 Å². The molecule has 0 N–H and O–H groups in total. The minimum atomic E-state index is -0.554. The van der Waals surface area contributed by atoms with Crippen LogP contribution in [0.1, 0.15) is 49.5 Å². The predicted octanol–water partition coefficient (Wildman–Crippen LogP) is 3.67. The summed E-state index contributed by atoms with van der Waals surface area (Å²) in [4.78, 5) is 25.5. The lowest BCUT2D eigenvalue weighted by atomic mass is 9.99.